The van der Waals surface area contributed by atoms with E-state index in [0.717, 1.165) is 0 Å². The lowest BCUT2D eigenvalue weighted by atomic mass is 10.0. The minimum absolute atomic E-state index is 0.0627. The predicted molar refractivity (Wildman–Crippen MR) is 74.0 cm³/mol. The Bertz CT molecular complexity index is 724. The zero-order chi connectivity index (χ0) is 15.0. The number of methoxy groups -OCH3 is 1. The molecular formula is C13H13N5O3. The van der Waals surface area contributed by atoms with Crippen LogP contribution in [-0.4, -0.2) is 33.6 Å². The molecule has 1 atom stereocenters. The van der Waals surface area contributed by atoms with Gasteiger partial charge in [0.25, 0.3) is 0 Å². The number of nitrogen functional groups attached to an aromatic ring is 1. The number of fused-ring (bicyclic) bond motifs is 1. The van der Waals surface area contributed by atoms with E-state index < -0.39 is 6.04 Å². The van der Waals surface area contributed by atoms with E-state index in [9.17, 15) is 9.59 Å². The number of ether oxygens (including phenoxy) is 1. The molecule has 1 amide bonds. The van der Waals surface area contributed by atoms with E-state index in [0.29, 0.717) is 17.0 Å². The second kappa shape index (κ2) is 4.89. The zero-order valence-corrected chi connectivity index (χ0v) is 11.2. The molecule has 1 aliphatic rings. The van der Waals surface area contributed by atoms with Gasteiger partial charge in [0, 0.05) is 6.42 Å². The van der Waals surface area contributed by atoms with Crippen molar-refractivity contribution in [1.29, 1.82) is 0 Å². The number of rotatable bonds is 2. The summed E-state index contributed by atoms with van der Waals surface area (Å²) >= 11 is 0. The van der Waals surface area contributed by atoms with E-state index in [1.165, 1.54) is 18.1 Å². The van der Waals surface area contributed by atoms with Crippen LogP contribution >= 0.6 is 0 Å². The molecule has 2 aromatic rings. The van der Waals surface area contributed by atoms with E-state index in [4.69, 9.17) is 10.5 Å². The number of nitrogens with two attached hydrogens (primary N) is 1. The summed E-state index contributed by atoms with van der Waals surface area (Å²) in [6.45, 7) is 0. The second-order valence-corrected chi connectivity index (χ2v) is 4.58. The van der Waals surface area contributed by atoms with Crippen molar-refractivity contribution in [3.8, 4) is 5.75 Å². The fourth-order valence-electron chi connectivity index (χ4n) is 2.38. The molecule has 8 heteroatoms. The highest BCUT2D eigenvalue weighted by atomic mass is 16.5. The minimum Gasteiger partial charge on any atom is -0.496 e. The first kappa shape index (κ1) is 13.1. The Morgan fingerprint density at radius 3 is 2.90 bits per heavy atom. The Kier molecular flexibility index (Phi) is 3.05. The number of ketones is 1. The summed E-state index contributed by atoms with van der Waals surface area (Å²) in [5.74, 6) is -0.0841. The van der Waals surface area contributed by atoms with Crippen LogP contribution < -0.4 is 15.8 Å². The van der Waals surface area contributed by atoms with Gasteiger partial charge in [-0.1, -0.05) is 6.07 Å². The van der Waals surface area contributed by atoms with Crippen molar-refractivity contribution >= 4 is 23.3 Å². The fourth-order valence-corrected chi connectivity index (χ4v) is 2.38. The Balaban J connectivity index is 2.06. The number of nitrogens with zero attached hydrogens (tertiary/aromatic N) is 3. The van der Waals surface area contributed by atoms with E-state index in [1.54, 1.807) is 18.2 Å². The quantitative estimate of drug-likeness (QED) is 0.838. The smallest absolute Gasteiger partial charge is 0.249 e. The molecule has 0 aliphatic carbocycles. The lowest BCUT2D eigenvalue weighted by Gasteiger charge is -2.13. The highest BCUT2D eigenvalue weighted by Crippen LogP contribution is 2.33. The molecule has 108 valence electrons. The second-order valence-electron chi connectivity index (χ2n) is 4.58. The van der Waals surface area contributed by atoms with Crippen molar-refractivity contribution in [3.63, 3.8) is 0 Å². The lowest BCUT2D eigenvalue weighted by Crippen LogP contribution is -2.27. The highest BCUT2D eigenvalue weighted by Gasteiger charge is 2.33. The normalized spacial score (nSPS) is 17.9. The molecule has 3 rings (SSSR count). The maximum absolute atomic E-state index is 12.5. The average molecular weight is 287 g/mol. The van der Waals surface area contributed by atoms with Gasteiger partial charge in [0.2, 0.25) is 11.9 Å². The van der Waals surface area contributed by atoms with E-state index in [2.05, 4.69) is 15.4 Å². The van der Waals surface area contributed by atoms with E-state index in [1.807, 2.05) is 0 Å². The van der Waals surface area contributed by atoms with Crippen LogP contribution in [0.5, 0.6) is 5.75 Å². The standard InChI is InChI=1S/C13H13N5O3/c1-21-10-4-2-3-7-11(10)9(19)5-8(12(20)17-7)18-13(14)15-6-16-18/h2-4,6,8H,5H2,1H3,(H,17,20)(H2,14,15,16). The van der Waals surface area contributed by atoms with E-state index >= 15 is 0 Å². The molecule has 1 unspecified atom stereocenters. The molecule has 1 aromatic carbocycles. The molecule has 0 saturated carbocycles. The first-order chi connectivity index (χ1) is 10.1. The van der Waals surface area contributed by atoms with Crippen LogP contribution in [0, 0.1) is 0 Å². The maximum Gasteiger partial charge on any atom is 0.249 e. The number of hydrogen-bond donors (Lipinski definition) is 2. The molecule has 8 nitrogen and oxygen atoms in total. The molecule has 3 N–H and O–H groups in total. The van der Waals surface area contributed by atoms with Crippen molar-refractivity contribution in [3.05, 3.63) is 30.1 Å². The fraction of sp³-hybridized carbons (Fsp3) is 0.231. The molecular weight excluding hydrogens is 274 g/mol. The van der Waals surface area contributed by atoms with Gasteiger partial charge < -0.3 is 15.8 Å². The van der Waals surface area contributed by atoms with Gasteiger partial charge in [-0.3, -0.25) is 9.59 Å². The highest BCUT2D eigenvalue weighted by molar-refractivity contribution is 6.12. The van der Waals surface area contributed by atoms with Gasteiger partial charge in [-0.05, 0) is 12.1 Å². The average Bonchev–Trinajstić information content (AvgIpc) is 2.84. The number of aromatic nitrogens is 3. The summed E-state index contributed by atoms with van der Waals surface area (Å²) in [7, 11) is 1.47. The van der Waals surface area contributed by atoms with Gasteiger partial charge >= 0.3 is 0 Å². The molecule has 1 aliphatic heterocycles. The largest absolute Gasteiger partial charge is 0.496 e. The third kappa shape index (κ3) is 2.10. The van der Waals surface area contributed by atoms with Crippen LogP contribution in [0.1, 0.15) is 22.8 Å². The molecule has 0 saturated heterocycles. The Labute approximate surface area is 119 Å². The molecule has 0 spiro atoms. The number of carbonyl (C=O) groups is 2. The number of amides is 1. The number of benzene rings is 1. The van der Waals surface area contributed by atoms with Gasteiger partial charge in [-0.25, -0.2) is 9.67 Å². The van der Waals surface area contributed by atoms with Crippen molar-refractivity contribution in [2.75, 3.05) is 18.2 Å². The molecule has 0 bridgehead atoms. The van der Waals surface area contributed by atoms with Crippen LogP contribution in [0.15, 0.2) is 24.5 Å². The first-order valence-electron chi connectivity index (χ1n) is 6.28. The Morgan fingerprint density at radius 2 is 2.24 bits per heavy atom. The van der Waals surface area contributed by atoms with Crippen LogP contribution in [-0.2, 0) is 4.79 Å². The summed E-state index contributed by atoms with van der Waals surface area (Å²) < 4.78 is 6.43. The first-order valence-corrected chi connectivity index (χ1v) is 6.28. The summed E-state index contributed by atoms with van der Waals surface area (Å²) in [4.78, 5) is 28.6. The molecule has 21 heavy (non-hydrogen) atoms. The summed E-state index contributed by atoms with van der Waals surface area (Å²) in [6.07, 6.45) is 1.18. The zero-order valence-electron chi connectivity index (χ0n) is 11.2. The third-order valence-electron chi connectivity index (χ3n) is 3.36. The minimum atomic E-state index is -0.836. The van der Waals surface area contributed by atoms with Crippen LogP contribution in [0.25, 0.3) is 0 Å². The number of anilines is 2. The summed E-state index contributed by atoms with van der Waals surface area (Å²) in [5, 5.41) is 6.62. The van der Waals surface area contributed by atoms with Crippen LogP contribution in [0.3, 0.4) is 0 Å². The maximum atomic E-state index is 12.5. The molecule has 0 fully saturated rings. The van der Waals surface area contributed by atoms with Gasteiger partial charge in [0.15, 0.2) is 5.78 Å². The summed E-state index contributed by atoms with van der Waals surface area (Å²) in [5.41, 5.74) is 6.44. The van der Waals surface area contributed by atoms with Crippen LogP contribution in [0.2, 0.25) is 0 Å². The number of Topliss-reactive ketones (excluding diaryl/α,β-unsaturated/α-hetero) is 1. The van der Waals surface area contributed by atoms with Crippen molar-refractivity contribution in [2.45, 2.75) is 12.5 Å². The molecule has 2 heterocycles. The Hall–Kier alpha value is -2.90. The van der Waals surface area contributed by atoms with Crippen molar-refractivity contribution in [1.82, 2.24) is 14.8 Å². The number of hydrogen-bond acceptors (Lipinski definition) is 6. The van der Waals surface area contributed by atoms with Gasteiger partial charge in [-0.15, -0.1) is 0 Å². The van der Waals surface area contributed by atoms with Gasteiger partial charge in [0.1, 0.15) is 18.1 Å². The van der Waals surface area contributed by atoms with Crippen molar-refractivity contribution in [2.24, 2.45) is 0 Å². The monoisotopic (exact) mass is 287 g/mol. The molecule has 1 aromatic heterocycles. The van der Waals surface area contributed by atoms with E-state index in [-0.39, 0.29) is 24.1 Å². The molecule has 0 radical (unpaired) electrons. The van der Waals surface area contributed by atoms with Gasteiger partial charge in [-0.2, -0.15) is 5.10 Å². The predicted octanol–water partition coefficient (Wildman–Crippen LogP) is 0.635. The Morgan fingerprint density at radius 1 is 1.43 bits per heavy atom. The SMILES string of the molecule is COc1cccc2c1C(=O)CC(n1ncnc1N)C(=O)N2. The lowest BCUT2D eigenvalue weighted by molar-refractivity contribution is -0.119. The number of carbonyl (C=O) groups excluding carboxylic acids is 2. The third-order valence-corrected chi connectivity index (χ3v) is 3.36. The van der Waals surface area contributed by atoms with Gasteiger partial charge in [0.05, 0.1) is 18.4 Å². The van der Waals surface area contributed by atoms with Crippen LogP contribution in [0.4, 0.5) is 11.6 Å². The van der Waals surface area contributed by atoms with Crippen molar-refractivity contribution < 1.29 is 14.3 Å². The number of nitrogens with one attached hydrogen (secondary N) is 1. The summed E-state index contributed by atoms with van der Waals surface area (Å²) in [6, 6.07) is 4.19. The topological polar surface area (TPSA) is 112 Å².